The van der Waals surface area contributed by atoms with Crippen LogP contribution in [-0.2, 0) is 4.79 Å². The van der Waals surface area contributed by atoms with E-state index in [1.165, 1.54) is 4.90 Å². The number of urea groups is 1. The first kappa shape index (κ1) is 18.6. The molecular formula is C19H21N3O2S. The molecular weight excluding hydrogens is 334 g/mol. The molecule has 5 nitrogen and oxygen atoms in total. The molecule has 3 amide bonds. The normalized spacial score (nSPS) is 11.0. The first-order chi connectivity index (χ1) is 12.0. The van der Waals surface area contributed by atoms with Gasteiger partial charge in [0.1, 0.15) is 0 Å². The largest absolute Gasteiger partial charge is 0.359 e. The Kier molecular flexibility index (Phi) is 6.61. The summed E-state index contributed by atoms with van der Waals surface area (Å²) in [5.41, 5.74) is 1.50. The van der Waals surface area contributed by atoms with Gasteiger partial charge in [-0.2, -0.15) is 0 Å². The Morgan fingerprint density at radius 2 is 2.04 bits per heavy atom. The molecule has 0 aliphatic carbocycles. The van der Waals surface area contributed by atoms with E-state index in [1.807, 2.05) is 41.8 Å². The van der Waals surface area contributed by atoms with Crippen LogP contribution in [-0.4, -0.2) is 37.5 Å². The number of hydrogen-bond acceptors (Lipinski definition) is 3. The van der Waals surface area contributed by atoms with Crippen molar-refractivity contribution in [1.82, 2.24) is 10.2 Å². The average molecular weight is 355 g/mol. The third kappa shape index (κ3) is 5.66. The Balaban J connectivity index is 1.99. The van der Waals surface area contributed by atoms with Gasteiger partial charge in [-0.1, -0.05) is 30.9 Å². The Morgan fingerprint density at radius 3 is 2.72 bits per heavy atom. The molecule has 2 rings (SSSR count). The molecule has 1 heterocycles. The van der Waals surface area contributed by atoms with Crippen LogP contribution in [0.1, 0.15) is 17.4 Å². The van der Waals surface area contributed by atoms with Crippen molar-refractivity contribution in [3.63, 3.8) is 0 Å². The fraction of sp³-hybridized carbons (Fsp3) is 0.263. The summed E-state index contributed by atoms with van der Waals surface area (Å²) in [6, 6.07) is 11.0. The summed E-state index contributed by atoms with van der Waals surface area (Å²) in [6.45, 7) is 2.12. The summed E-state index contributed by atoms with van der Waals surface area (Å²) >= 11 is 1.59. The fourth-order valence-corrected chi connectivity index (χ4v) is 2.77. The van der Waals surface area contributed by atoms with Gasteiger partial charge in [0.25, 0.3) is 0 Å². The highest BCUT2D eigenvalue weighted by Gasteiger charge is 2.17. The van der Waals surface area contributed by atoms with Gasteiger partial charge < -0.3 is 15.5 Å². The van der Waals surface area contributed by atoms with Gasteiger partial charge in [-0.15, -0.1) is 11.3 Å². The maximum Gasteiger partial charge on any atom is 0.321 e. The maximum atomic E-state index is 12.3. The van der Waals surface area contributed by atoms with E-state index in [0.29, 0.717) is 12.2 Å². The number of carbonyl (C=O) groups excluding carboxylic acids is 2. The predicted molar refractivity (Wildman–Crippen MR) is 102 cm³/mol. The van der Waals surface area contributed by atoms with Gasteiger partial charge in [0, 0.05) is 31.9 Å². The summed E-state index contributed by atoms with van der Waals surface area (Å²) in [6.07, 6.45) is 0. The zero-order valence-electron chi connectivity index (χ0n) is 14.5. The van der Waals surface area contributed by atoms with Crippen LogP contribution in [0.25, 0.3) is 0 Å². The van der Waals surface area contributed by atoms with Gasteiger partial charge in [0.05, 0.1) is 10.8 Å². The van der Waals surface area contributed by atoms with Gasteiger partial charge in [0.15, 0.2) is 0 Å². The third-order valence-corrected chi connectivity index (χ3v) is 4.34. The van der Waals surface area contributed by atoms with Crippen molar-refractivity contribution < 1.29 is 9.59 Å². The lowest BCUT2D eigenvalue weighted by molar-refractivity contribution is -0.124. The van der Waals surface area contributed by atoms with Crippen molar-refractivity contribution in [3.05, 3.63) is 52.2 Å². The molecule has 2 aromatic rings. The highest BCUT2D eigenvalue weighted by atomic mass is 32.1. The van der Waals surface area contributed by atoms with Gasteiger partial charge in [-0.05, 0) is 29.6 Å². The number of nitrogens with zero attached hydrogens (tertiary/aromatic N) is 1. The molecule has 1 aromatic heterocycles. The summed E-state index contributed by atoms with van der Waals surface area (Å²) < 4.78 is 0. The van der Waals surface area contributed by atoms with E-state index < -0.39 is 0 Å². The van der Waals surface area contributed by atoms with Crippen molar-refractivity contribution in [2.45, 2.75) is 6.92 Å². The summed E-state index contributed by atoms with van der Waals surface area (Å²) in [7, 11) is 3.25. The first-order valence-corrected chi connectivity index (χ1v) is 8.77. The van der Waals surface area contributed by atoms with Crippen molar-refractivity contribution in [2.75, 3.05) is 26.0 Å². The van der Waals surface area contributed by atoms with E-state index in [2.05, 4.69) is 22.5 Å². The van der Waals surface area contributed by atoms with Crippen molar-refractivity contribution >= 4 is 29.0 Å². The summed E-state index contributed by atoms with van der Waals surface area (Å²) in [5, 5.41) is 7.39. The first-order valence-electron chi connectivity index (χ1n) is 7.89. The zero-order valence-corrected chi connectivity index (χ0v) is 15.3. The quantitative estimate of drug-likeness (QED) is 0.828. The second kappa shape index (κ2) is 8.90. The van der Waals surface area contributed by atoms with Crippen LogP contribution in [0, 0.1) is 17.8 Å². The van der Waals surface area contributed by atoms with Crippen LogP contribution in [0.3, 0.4) is 0 Å². The van der Waals surface area contributed by atoms with Gasteiger partial charge in [-0.3, -0.25) is 4.79 Å². The molecule has 0 fully saturated rings. The van der Waals surface area contributed by atoms with E-state index in [9.17, 15) is 9.59 Å². The summed E-state index contributed by atoms with van der Waals surface area (Å²) in [5.74, 6) is 5.81. The number of benzene rings is 1. The van der Waals surface area contributed by atoms with Gasteiger partial charge in [0.2, 0.25) is 5.91 Å². The molecule has 130 valence electrons. The van der Waals surface area contributed by atoms with E-state index in [0.717, 1.165) is 10.4 Å². The van der Waals surface area contributed by atoms with Crippen molar-refractivity contribution in [1.29, 1.82) is 0 Å². The lowest BCUT2D eigenvalue weighted by Crippen LogP contribution is -2.39. The van der Waals surface area contributed by atoms with E-state index in [1.54, 1.807) is 32.4 Å². The molecule has 1 atom stereocenters. The molecule has 6 heteroatoms. The molecule has 2 N–H and O–H groups in total. The van der Waals surface area contributed by atoms with E-state index >= 15 is 0 Å². The number of rotatable bonds is 4. The number of hydrogen-bond donors (Lipinski definition) is 2. The van der Waals surface area contributed by atoms with Crippen LogP contribution in [0.15, 0.2) is 41.8 Å². The Hall–Kier alpha value is -2.78. The van der Waals surface area contributed by atoms with E-state index in [-0.39, 0.29) is 17.9 Å². The topological polar surface area (TPSA) is 61.4 Å². The fourth-order valence-electron chi connectivity index (χ4n) is 2.20. The number of thiophene rings is 1. The molecule has 0 saturated heterocycles. The number of amides is 3. The zero-order chi connectivity index (χ0) is 18.2. The van der Waals surface area contributed by atoms with Crippen LogP contribution in [0.4, 0.5) is 10.5 Å². The lowest BCUT2D eigenvalue weighted by Gasteiger charge is -2.21. The van der Waals surface area contributed by atoms with Crippen LogP contribution in [0.2, 0.25) is 0 Å². The van der Waals surface area contributed by atoms with Crippen molar-refractivity contribution in [3.8, 4) is 11.8 Å². The third-order valence-electron chi connectivity index (χ3n) is 3.55. The smallest absolute Gasteiger partial charge is 0.321 e. The maximum absolute atomic E-state index is 12.3. The molecule has 0 radical (unpaired) electrons. The van der Waals surface area contributed by atoms with Gasteiger partial charge in [-0.25, -0.2) is 4.79 Å². The summed E-state index contributed by atoms with van der Waals surface area (Å²) in [4.78, 5) is 26.3. The highest BCUT2D eigenvalue weighted by molar-refractivity contribution is 7.10. The highest BCUT2D eigenvalue weighted by Crippen LogP contribution is 2.12. The Labute approximate surface area is 152 Å². The number of nitrogens with one attached hydrogen (secondary N) is 2. The number of carbonyl (C=O) groups is 2. The van der Waals surface area contributed by atoms with Gasteiger partial charge >= 0.3 is 6.03 Å². The molecule has 1 aromatic carbocycles. The molecule has 0 spiro atoms. The Morgan fingerprint density at radius 1 is 1.24 bits per heavy atom. The van der Waals surface area contributed by atoms with Crippen molar-refractivity contribution in [2.24, 2.45) is 5.92 Å². The van der Waals surface area contributed by atoms with E-state index in [4.69, 9.17) is 0 Å². The number of anilines is 1. The molecule has 0 aliphatic rings. The second-order valence-electron chi connectivity index (χ2n) is 5.63. The lowest BCUT2D eigenvalue weighted by atomic mass is 10.1. The van der Waals surface area contributed by atoms with Crippen LogP contribution in [0.5, 0.6) is 0 Å². The SMILES string of the molecule is CNC(=O)[C@@H](C)CN(C)C(=O)Nc1cccc(C#Cc2cccs2)c1. The van der Waals surface area contributed by atoms with Crippen LogP contribution < -0.4 is 10.6 Å². The minimum absolute atomic E-state index is 0.0921. The molecule has 0 bridgehead atoms. The minimum atomic E-state index is -0.274. The second-order valence-corrected chi connectivity index (χ2v) is 6.58. The minimum Gasteiger partial charge on any atom is -0.359 e. The molecule has 0 aliphatic heterocycles. The predicted octanol–water partition coefficient (Wildman–Crippen LogP) is 2.99. The standard InChI is InChI=1S/C19H21N3O2S/c1-14(18(23)20-2)13-22(3)19(24)21-16-7-4-6-15(12-16)9-10-17-8-5-11-25-17/h4-8,11-12,14H,13H2,1-3H3,(H,20,23)(H,21,24)/t14-/m0/s1. The van der Waals surface area contributed by atoms with Crippen LogP contribution >= 0.6 is 11.3 Å². The molecule has 25 heavy (non-hydrogen) atoms. The average Bonchev–Trinajstić information content (AvgIpc) is 3.13. The molecule has 0 unspecified atom stereocenters. The molecule has 0 saturated carbocycles. The monoisotopic (exact) mass is 355 g/mol. The Bertz CT molecular complexity index is 790.